The molecule has 2 rings (SSSR count). The van der Waals surface area contributed by atoms with Crippen LogP contribution < -0.4 is 5.32 Å². The molecule has 1 aromatic carbocycles. The largest absolute Gasteiger partial charge is 0.445 e. The molecule has 1 aromatic rings. The van der Waals surface area contributed by atoms with Crippen LogP contribution in [0.4, 0.5) is 4.79 Å². The third kappa shape index (κ3) is 3.01. The lowest BCUT2D eigenvalue weighted by Crippen LogP contribution is -2.59. The Balaban J connectivity index is 1.91. The van der Waals surface area contributed by atoms with Crippen LogP contribution >= 0.6 is 0 Å². The molecular formula is C14H20N2O2. The fourth-order valence-corrected chi connectivity index (χ4v) is 2.12. The Morgan fingerprint density at radius 2 is 2.11 bits per heavy atom. The number of piperazine rings is 1. The van der Waals surface area contributed by atoms with Gasteiger partial charge >= 0.3 is 6.09 Å². The monoisotopic (exact) mass is 248 g/mol. The molecule has 4 nitrogen and oxygen atoms in total. The number of nitrogens with zero attached hydrogens (tertiary/aromatic N) is 1. The first-order valence-corrected chi connectivity index (χ1v) is 6.29. The highest BCUT2D eigenvalue weighted by atomic mass is 16.6. The first-order valence-electron chi connectivity index (χ1n) is 6.29. The molecule has 4 heteroatoms. The quantitative estimate of drug-likeness (QED) is 0.870. The van der Waals surface area contributed by atoms with E-state index < -0.39 is 0 Å². The van der Waals surface area contributed by atoms with E-state index in [-0.39, 0.29) is 11.6 Å². The molecule has 0 bridgehead atoms. The maximum absolute atomic E-state index is 12.1. The predicted octanol–water partition coefficient (Wildman–Crippen LogP) is 2.01. The second kappa shape index (κ2) is 5.40. The maximum atomic E-state index is 12.1. The first kappa shape index (κ1) is 12.9. The number of benzene rings is 1. The molecule has 18 heavy (non-hydrogen) atoms. The molecule has 1 saturated heterocycles. The van der Waals surface area contributed by atoms with Crippen molar-refractivity contribution in [1.82, 2.24) is 10.2 Å². The lowest BCUT2D eigenvalue weighted by molar-refractivity contribution is 0.0458. The molecule has 1 amide bonds. The molecule has 1 heterocycles. The van der Waals surface area contributed by atoms with E-state index in [0.29, 0.717) is 13.2 Å². The van der Waals surface area contributed by atoms with Gasteiger partial charge in [-0.1, -0.05) is 30.3 Å². The van der Waals surface area contributed by atoms with Crippen molar-refractivity contribution in [3.63, 3.8) is 0 Å². The molecule has 0 aliphatic carbocycles. The van der Waals surface area contributed by atoms with Gasteiger partial charge in [-0.2, -0.15) is 0 Å². The van der Waals surface area contributed by atoms with Crippen LogP contribution in [0.3, 0.4) is 0 Å². The van der Waals surface area contributed by atoms with Crippen molar-refractivity contribution < 1.29 is 9.53 Å². The minimum atomic E-state index is -0.231. The van der Waals surface area contributed by atoms with E-state index in [9.17, 15) is 4.79 Å². The average Bonchev–Trinajstić information content (AvgIpc) is 2.37. The van der Waals surface area contributed by atoms with Crippen molar-refractivity contribution in [2.24, 2.45) is 0 Å². The first-order chi connectivity index (χ1) is 8.59. The Morgan fingerprint density at radius 3 is 2.78 bits per heavy atom. The highest BCUT2D eigenvalue weighted by molar-refractivity contribution is 5.69. The Morgan fingerprint density at radius 1 is 1.39 bits per heavy atom. The Labute approximate surface area is 108 Å². The summed E-state index contributed by atoms with van der Waals surface area (Å²) in [6.45, 7) is 6.74. The van der Waals surface area contributed by atoms with Crippen LogP contribution in [0.2, 0.25) is 0 Å². The van der Waals surface area contributed by atoms with Gasteiger partial charge in [0.1, 0.15) is 6.61 Å². The summed E-state index contributed by atoms with van der Waals surface area (Å²) in [4.78, 5) is 13.9. The van der Waals surface area contributed by atoms with Crippen LogP contribution in [0.15, 0.2) is 30.3 Å². The van der Waals surface area contributed by atoms with Crippen LogP contribution in [-0.2, 0) is 11.3 Å². The molecule has 98 valence electrons. The van der Waals surface area contributed by atoms with Gasteiger partial charge in [0, 0.05) is 19.6 Å². The summed E-state index contributed by atoms with van der Waals surface area (Å²) in [5, 5.41) is 3.28. The number of carbonyl (C=O) groups excluding carboxylic acids is 1. The van der Waals surface area contributed by atoms with Gasteiger partial charge in [0.05, 0.1) is 5.54 Å². The number of hydrogen-bond acceptors (Lipinski definition) is 3. The lowest BCUT2D eigenvalue weighted by atomic mass is 10.0. The van der Waals surface area contributed by atoms with Crippen LogP contribution in [0.25, 0.3) is 0 Å². The SMILES string of the molecule is CC1(C)CNCCN1C(=O)OCc1ccccc1. The van der Waals surface area contributed by atoms with Gasteiger partial charge in [-0.15, -0.1) is 0 Å². The number of amides is 1. The zero-order valence-electron chi connectivity index (χ0n) is 11.0. The van der Waals surface area contributed by atoms with E-state index in [1.807, 2.05) is 44.2 Å². The number of ether oxygens (including phenoxy) is 1. The molecular weight excluding hydrogens is 228 g/mol. The van der Waals surface area contributed by atoms with Gasteiger partial charge in [-0.05, 0) is 19.4 Å². The average molecular weight is 248 g/mol. The summed E-state index contributed by atoms with van der Waals surface area (Å²) >= 11 is 0. The van der Waals surface area contributed by atoms with Gasteiger partial charge in [0.25, 0.3) is 0 Å². The molecule has 1 N–H and O–H groups in total. The minimum Gasteiger partial charge on any atom is -0.445 e. The minimum absolute atomic E-state index is 0.188. The van der Waals surface area contributed by atoms with Crippen LogP contribution in [0, 0.1) is 0 Å². The Kier molecular flexibility index (Phi) is 3.87. The third-order valence-electron chi connectivity index (χ3n) is 3.23. The summed E-state index contributed by atoms with van der Waals surface area (Å²) in [7, 11) is 0. The van der Waals surface area contributed by atoms with Gasteiger partial charge in [0.15, 0.2) is 0 Å². The van der Waals surface area contributed by atoms with Gasteiger partial charge in [-0.25, -0.2) is 4.79 Å². The van der Waals surface area contributed by atoms with Crippen molar-refractivity contribution >= 4 is 6.09 Å². The van der Waals surface area contributed by atoms with Crippen LogP contribution in [0.1, 0.15) is 19.4 Å². The summed E-state index contributed by atoms with van der Waals surface area (Å²) < 4.78 is 5.36. The van der Waals surface area contributed by atoms with E-state index in [1.54, 1.807) is 4.90 Å². The van der Waals surface area contributed by atoms with E-state index in [1.165, 1.54) is 0 Å². The molecule has 0 radical (unpaired) electrons. The lowest BCUT2D eigenvalue weighted by Gasteiger charge is -2.41. The van der Waals surface area contributed by atoms with E-state index >= 15 is 0 Å². The molecule has 0 atom stereocenters. The van der Waals surface area contributed by atoms with Crippen molar-refractivity contribution in [2.45, 2.75) is 26.0 Å². The Bertz CT molecular complexity index is 404. The zero-order valence-corrected chi connectivity index (χ0v) is 11.0. The van der Waals surface area contributed by atoms with Crippen LogP contribution in [0.5, 0.6) is 0 Å². The molecule has 0 unspecified atom stereocenters. The number of rotatable bonds is 2. The van der Waals surface area contributed by atoms with Crippen molar-refractivity contribution in [3.8, 4) is 0 Å². The van der Waals surface area contributed by atoms with Gasteiger partial charge in [0.2, 0.25) is 0 Å². The second-order valence-corrected chi connectivity index (χ2v) is 5.18. The number of carbonyl (C=O) groups is 1. The van der Waals surface area contributed by atoms with E-state index in [0.717, 1.165) is 18.7 Å². The summed E-state index contributed by atoms with van der Waals surface area (Å²) in [6, 6.07) is 9.74. The van der Waals surface area contributed by atoms with E-state index in [2.05, 4.69) is 5.32 Å². The summed E-state index contributed by atoms with van der Waals surface area (Å²) in [5.74, 6) is 0. The summed E-state index contributed by atoms with van der Waals surface area (Å²) in [5.41, 5.74) is 0.824. The van der Waals surface area contributed by atoms with Gasteiger partial charge < -0.3 is 15.0 Å². The molecule has 0 saturated carbocycles. The number of hydrogen-bond donors (Lipinski definition) is 1. The highest BCUT2D eigenvalue weighted by Crippen LogP contribution is 2.17. The zero-order chi connectivity index (χ0) is 13.0. The standard InChI is InChI=1S/C14H20N2O2/c1-14(2)11-15-8-9-16(14)13(17)18-10-12-6-4-3-5-7-12/h3-7,15H,8-11H2,1-2H3. The van der Waals surface area contributed by atoms with Crippen molar-refractivity contribution in [1.29, 1.82) is 0 Å². The van der Waals surface area contributed by atoms with Crippen molar-refractivity contribution in [3.05, 3.63) is 35.9 Å². The van der Waals surface area contributed by atoms with E-state index in [4.69, 9.17) is 4.74 Å². The fraction of sp³-hybridized carbons (Fsp3) is 0.500. The smallest absolute Gasteiger partial charge is 0.410 e. The molecule has 1 aliphatic heterocycles. The normalized spacial score (nSPS) is 18.4. The molecule has 1 aliphatic rings. The third-order valence-corrected chi connectivity index (χ3v) is 3.23. The topological polar surface area (TPSA) is 41.6 Å². The number of nitrogens with one attached hydrogen (secondary N) is 1. The highest BCUT2D eigenvalue weighted by Gasteiger charge is 2.34. The van der Waals surface area contributed by atoms with Crippen LogP contribution in [-0.4, -0.2) is 36.2 Å². The fourth-order valence-electron chi connectivity index (χ4n) is 2.12. The maximum Gasteiger partial charge on any atom is 0.410 e. The molecule has 0 spiro atoms. The van der Waals surface area contributed by atoms with Gasteiger partial charge in [-0.3, -0.25) is 0 Å². The molecule has 1 fully saturated rings. The summed E-state index contributed by atoms with van der Waals surface area (Å²) in [6.07, 6.45) is -0.231. The second-order valence-electron chi connectivity index (χ2n) is 5.18. The molecule has 0 aromatic heterocycles. The Hall–Kier alpha value is -1.55. The van der Waals surface area contributed by atoms with Crippen molar-refractivity contribution in [2.75, 3.05) is 19.6 Å². The predicted molar refractivity (Wildman–Crippen MR) is 70.3 cm³/mol.